The van der Waals surface area contributed by atoms with E-state index in [2.05, 4.69) is 15.6 Å². The van der Waals surface area contributed by atoms with Crippen molar-refractivity contribution < 1.29 is 9.59 Å². The minimum atomic E-state index is -0.209. The molecule has 0 radical (unpaired) electrons. The Balaban J connectivity index is 1.83. The molecule has 0 fully saturated rings. The van der Waals surface area contributed by atoms with Crippen molar-refractivity contribution in [1.29, 1.82) is 0 Å². The second-order valence-corrected chi connectivity index (χ2v) is 6.82. The van der Waals surface area contributed by atoms with Crippen LogP contribution in [0.5, 0.6) is 0 Å². The van der Waals surface area contributed by atoms with Gasteiger partial charge in [-0.05, 0) is 56.7 Å². The van der Waals surface area contributed by atoms with Crippen LogP contribution < -0.4 is 10.6 Å². The molecule has 27 heavy (non-hydrogen) atoms. The van der Waals surface area contributed by atoms with E-state index in [1.54, 1.807) is 0 Å². The van der Waals surface area contributed by atoms with Crippen molar-refractivity contribution in [2.24, 2.45) is 0 Å². The van der Waals surface area contributed by atoms with Gasteiger partial charge in [-0.1, -0.05) is 23.8 Å². The number of fused-ring (bicyclic) bond motifs is 1. The van der Waals surface area contributed by atoms with Gasteiger partial charge in [0.05, 0.1) is 22.8 Å². The van der Waals surface area contributed by atoms with E-state index in [4.69, 9.17) is 0 Å². The number of carbonyl (C=O) groups is 2. The van der Waals surface area contributed by atoms with Gasteiger partial charge in [-0.3, -0.25) is 14.6 Å². The lowest BCUT2D eigenvalue weighted by Gasteiger charge is -2.16. The maximum atomic E-state index is 12.8. The van der Waals surface area contributed by atoms with Crippen molar-refractivity contribution in [3.63, 3.8) is 0 Å². The van der Waals surface area contributed by atoms with Gasteiger partial charge in [0.1, 0.15) is 0 Å². The molecule has 1 unspecified atom stereocenters. The molecule has 5 heteroatoms. The quantitative estimate of drug-likeness (QED) is 0.728. The maximum Gasteiger partial charge on any atom is 0.253 e. The fourth-order valence-corrected chi connectivity index (χ4v) is 3.07. The van der Waals surface area contributed by atoms with Gasteiger partial charge in [0, 0.05) is 18.0 Å². The highest BCUT2D eigenvalue weighted by molar-refractivity contribution is 5.99. The van der Waals surface area contributed by atoms with Gasteiger partial charge in [0.15, 0.2) is 0 Å². The van der Waals surface area contributed by atoms with Crippen LogP contribution in [0.4, 0.5) is 5.69 Å². The highest BCUT2D eigenvalue weighted by Gasteiger charge is 2.15. The van der Waals surface area contributed by atoms with Gasteiger partial charge < -0.3 is 10.6 Å². The number of nitrogens with zero attached hydrogens (tertiary/aromatic N) is 1. The molecule has 2 N–H and O–H groups in total. The first kappa shape index (κ1) is 18.6. The molecular formula is C22H23N3O2. The molecular weight excluding hydrogens is 338 g/mol. The SMILES string of the molecule is CC(=O)Nc1cccc(C(C)NC(=O)c2cc3cc(C)ccc3nc2C)c1. The molecule has 0 bridgehead atoms. The highest BCUT2D eigenvalue weighted by atomic mass is 16.2. The molecule has 0 aliphatic carbocycles. The van der Waals surface area contributed by atoms with Crippen LogP contribution in [0.3, 0.4) is 0 Å². The molecule has 1 heterocycles. The zero-order valence-corrected chi connectivity index (χ0v) is 16.0. The van der Waals surface area contributed by atoms with E-state index in [0.717, 1.165) is 22.0 Å². The molecule has 3 rings (SSSR count). The summed E-state index contributed by atoms with van der Waals surface area (Å²) in [6.45, 7) is 7.24. The summed E-state index contributed by atoms with van der Waals surface area (Å²) in [5.74, 6) is -0.294. The topological polar surface area (TPSA) is 71.1 Å². The molecule has 138 valence electrons. The van der Waals surface area contributed by atoms with E-state index in [0.29, 0.717) is 16.9 Å². The monoisotopic (exact) mass is 361 g/mol. The lowest BCUT2D eigenvalue weighted by molar-refractivity contribution is -0.114. The van der Waals surface area contributed by atoms with Crippen LogP contribution >= 0.6 is 0 Å². The predicted molar refractivity (Wildman–Crippen MR) is 108 cm³/mol. The van der Waals surface area contributed by atoms with Gasteiger partial charge >= 0.3 is 0 Å². The van der Waals surface area contributed by atoms with Crippen molar-refractivity contribution in [3.05, 3.63) is 70.9 Å². The number of nitrogens with one attached hydrogen (secondary N) is 2. The number of aromatic nitrogens is 1. The Morgan fingerprint density at radius 1 is 1.04 bits per heavy atom. The number of hydrogen-bond acceptors (Lipinski definition) is 3. The third-order valence-corrected chi connectivity index (χ3v) is 4.46. The number of anilines is 1. The van der Waals surface area contributed by atoms with E-state index < -0.39 is 0 Å². The average Bonchev–Trinajstić information content (AvgIpc) is 2.61. The van der Waals surface area contributed by atoms with Crippen LogP contribution in [0.2, 0.25) is 0 Å². The second kappa shape index (κ2) is 7.58. The summed E-state index contributed by atoms with van der Waals surface area (Å²) in [4.78, 5) is 28.6. The Bertz CT molecular complexity index is 1030. The molecule has 5 nitrogen and oxygen atoms in total. The Labute approximate surface area is 158 Å². The third kappa shape index (κ3) is 4.31. The molecule has 0 aliphatic rings. The van der Waals surface area contributed by atoms with Gasteiger partial charge in [-0.2, -0.15) is 0 Å². The van der Waals surface area contributed by atoms with Crippen LogP contribution in [-0.4, -0.2) is 16.8 Å². The minimum Gasteiger partial charge on any atom is -0.345 e. The number of hydrogen-bond donors (Lipinski definition) is 2. The van der Waals surface area contributed by atoms with Crippen LogP contribution in [0.1, 0.15) is 47.1 Å². The van der Waals surface area contributed by atoms with E-state index in [1.165, 1.54) is 6.92 Å². The first-order chi connectivity index (χ1) is 12.8. The van der Waals surface area contributed by atoms with E-state index in [1.807, 2.05) is 69.3 Å². The molecule has 0 aliphatic heterocycles. The van der Waals surface area contributed by atoms with Crippen LogP contribution in [0.25, 0.3) is 10.9 Å². The van der Waals surface area contributed by atoms with Gasteiger partial charge in [-0.25, -0.2) is 0 Å². The number of aryl methyl sites for hydroxylation is 2. The smallest absolute Gasteiger partial charge is 0.253 e. The molecule has 2 amide bonds. The van der Waals surface area contributed by atoms with Crippen LogP contribution in [0, 0.1) is 13.8 Å². The number of pyridine rings is 1. The molecule has 0 saturated heterocycles. The average molecular weight is 361 g/mol. The van der Waals surface area contributed by atoms with Gasteiger partial charge in [0.2, 0.25) is 5.91 Å². The third-order valence-electron chi connectivity index (χ3n) is 4.46. The summed E-state index contributed by atoms with van der Waals surface area (Å²) >= 11 is 0. The summed E-state index contributed by atoms with van der Waals surface area (Å²) in [5.41, 5.74) is 4.89. The zero-order chi connectivity index (χ0) is 19.6. The molecule has 3 aromatic rings. The van der Waals surface area contributed by atoms with Crippen molar-refractivity contribution in [2.45, 2.75) is 33.7 Å². The Morgan fingerprint density at radius 3 is 2.56 bits per heavy atom. The van der Waals surface area contributed by atoms with Gasteiger partial charge in [-0.15, -0.1) is 0 Å². The van der Waals surface area contributed by atoms with Crippen molar-refractivity contribution >= 4 is 28.4 Å². The lowest BCUT2D eigenvalue weighted by atomic mass is 10.0. The summed E-state index contributed by atoms with van der Waals surface area (Å²) in [6.07, 6.45) is 0. The van der Waals surface area contributed by atoms with Crippen LogP contribution in [0.15, 0.2) is 48.5 Å². The van der Waals surface area contributed by atoms with Gasteiger partial charge in [0.25, 0.3) is 5.91 Å². The highest BCUT2D eigenvalue weighted by Crippen LogP contribution is 2.21. The normalized spacial score (nSPS) is 11.9. The second-order valence-electron chi connectivity index (χ2n) is 6.82. The predicted octanol–water partition coefficient (Wildman–Crippen LogP) is 4.30. The zero-order valence-electron chi connectivity index (χ0n) is 16.0. The first-order valence-corrected chi connectivity index (χ1v) is 8.90. The van der Waals surface area contributed by atoms with E-state index in [-0.39, 0.29) is 17.9 Å². The molecule has 1 aromatic heterocycles. The van der Waals surface area contributed by atoms with E-state index >= 15 is 0 Å². The number of amides is 2. The minimum absolute atomic E-state index is 0.128. The summed E-state index contributed by atoms with van der Waals surface area (Å²) in [7, 11) is 0. The Morgan fingerprint density at radius 2 is 1.81 bits per heavy atom. The molecule has 1 atom stereocenters. The Hall–Kier alpha value is -3.21. The first-order valence-electron chi connectivity index (χ1n) is 8.90. The van der Waals surface area contributed by atoms with Crippen molar-refractivity contribution in [1.82, 2.24) is 10.3 Å². The largest absolute Gasteiger partial charge is 0.345 e. The summed E-state index contributed by atoms with van der Waals surface area (Å²) in [5, 5.41) is 6.73. The molecule has 2 aromatic carbocycles. The number of rotatable bonds is 4. The van der Waals surface area contributed by atoms with Crippen molar-refractivity contribution in [2.75, 3.05) is 5.32 Å². The fraction of sp³-hybridized carbons (Fsp3) is 0.227. The fourth-order valence-electron chi connectivity index (χ4n) is 3.07. The summed E-state index contributed by atoms with van der Waals surface area (Å²) < 4.78 is 0. The number of benzene rings is 2. The van der Waals surface area contributed by atoms with Crippen molar-refractivity contribution in [3.8, 4) is 0 Å². The number of carbonyl (C=O) groups excluding carboxylic acids is 2. The van der Waals surface area contributed by atoms with Crippen LogP contribution in [-0.2, 0) is 4.79 Å². The summed E-state index contributed by atoms with van der Waals surface area (Å²) in [6, 6.07) is 15.1. The van der Waals surface area contributed by atoms with E-state index in [9.17, 15) is 9.59 Å². The Kier molecular flexibility index (Phi) is 5.21. The molecule has 0 saturated carbocycles. The lowest BCUT2D eigenvalue weighted by Crippen LogP contribution is -2.27. The maximum absolute atomic E-state index is 12.8. The molecule has 0 spiro atoms. The standard InChI is InChI=1S/C22H23N3O2/c1-13-8-9-21-18(10-13)12-20(15(3)23-21)22(27)24-14(2)17-6-5-7-19(11-17)25-16(4)26/h5-12,14H,1-4H3,(H,24,27)(H,25,26).